The van der Waals surface area contributed by atoms with Crippen LogP contribution in [0.15, 0.2) is 11.6 Å². The van der Waals surface area contributed by atoms with Gasteiger partial charge in [-0.15, -0.1) is 0 Å². The Morgan fingerprint density at radius 1 is 0.846 bits per heavy atom. The summed E-state index contributed by atoms with van der Waals surface area (Å²) in [6, 6.07) is 0. The first-order valence-corrected chi connectivity index (χ1v) is 11.9. The molecule has 0 amide bonds. The van der Waals surface area contributed by atoms with Gasteiger partial charge in [0.2, 0.25) is 0 Å². The van der Waals surface area contributed by atoms with E-state index in [-0.39, 0.29) is 6.10 Å². The second-order valence-electron chi connectivity index (χ2n) is 11.3. The lowest BCUT2D eigenvalue weighted by molar-refractivity contribution is -0.0602. The maximum atomic E-state index is 10.2. The highest BCUT2D eigenvalue weighted by Gasteiger charge is 2.59. The predicted molar refractivity (Wildman–Crippen MR) is 108 cm³/mol. The van der Waals surface area contributed by atoms with Gasteiger partial charge < -0.3 is 5.11 Å². The maximum absolute atomic E-state index is 10.2. The maximum Gasteiger partial charge on any atom is 0.0577 e. The van der Waals surface area contributed by atoms with Crippen LogP contribution in [0.3, 0.4) is 0 Å². The number of hydrogen-bond donors (Lipinski definition) is 1. The van der Waals surface area contributed by atoms with Gasteiger partial charge in [0.15, 0.2) is 0 Å². The predicted octanol–water partition coefficient (Wildman–Crippen LogP) is 6.51. The first-order valence-electron chi connectivity index (χ1n) is 11.9. The van der Waals surface area contributed by atoms with Gasteiger partial charge in [0.25, 0.3) is 0 Å². The highest BCUT2D eigenvalue weighted by atomic mass is 16.3. The highest BCUT2D eigenvalue weighted by molar-refractivity contribution is 5.25. The SMILES string of the molecule is C[C@]12CC[C@H]3[C@@H](CC=C4C[C@@H](O)CC[C@@]43C)[C@@H]1CC[C@@H]2C1CCCCC1. The van der Waals surface area contributed by atoms with Crippen LogP contribution >= 0.6 is 0 Å². The molecule has 0 radical (unpaired) electrons. The van der Waals surface area contributed by atoms with Gasteiger partial charge in [0.1, 0.15) is 0 Å². The quantitative estimate of drug-likeness (QED) is 0.531. The molecule has 26 heavy (non-hydrogen) atoms. The van der Waals surface area contributed by atoms with E-state index in [1.54, 1.807) is 5.57 Å². The molecular formula is C25H40O. The molecule has 0 bridgehead atoms. The van der Waals surface area contributed by atoms with Crippen LogP contribution in [0, 0.1) is 40.4 Å². The molecule has 0 unspecified atom stereocenters. The summed E-state index contributed by atoms with van der Waals surface area (Å²) in [6.45, 7) is 5.28. The van der Waals surface area contributed by atoms with Crippen molar-refractivity contribution in [1.29, 1.82) is 0 Å². The largest absolute Gasteiger partial charge is 0.393 e. The van der Waals surface area contributed by atoms with Gasteiger partial charge in [-0.3, -0.25) is 0 Å². The van der Waals surface area contributed by atoms with E-state index in [1.807, 2.05) is 0 Å². The van der Waals surface area contributed by atoms with Crippen molar-refractivity contribution >= 4 is 0 Å². The van der Waals surface area contributed by atoms with Crippen LogP contribution in [-0.4, -0.2) is 11.2 Å². The summed E-state index contributed by atoms with van der Waals surface area (Å²) in [6.07, 6.45) is 20.6. The third-order valence-corrected chi connectivity index (χ3v) is 10.4. The van der Waals surface area contributed by atoms with Gasteiger partial charge in [-0.05, 0) is 91.8 Å². The zero-order valence-electron chi connectivity index (χ0n) is 17.2. The molecule has 0 aromatic heterocycles. The Labute approximate surface area is 161 Å². The molecule has 0 aromatic carbocycles. The van der Waals surface area contributed by atoms with Gasteiger partial charge >= 0.3 is 0 Å². The van der Waals surface area contributed by atoms with Crippen molar-refractivity contribution in [2.45, 2.75) is 103 Å². The van der Waals surface area contributed by atoms with Crippen LogP contribution < -0.4 is 0 Å². The lowest BCUT2D eigenvalue weighted by Gasteiger charge is -2.58. The number of aliphatic hydroxyl groups is 1. The molecule has 4 fully saturated rings. The molecule has 0 aliphatic heterocycles. The van der Waals surface area contributed by atoms with Gasteiger partial charge in [-0.1, -0.05) is 57.6 Å². The molecule has 0 spiro atoms. The molecule has 0 aromatic rings. The number of fused-ring (bicyclic) bond motifs is 5. The number of aliphatic hydroxyl groups excluding tert-OH is 1. The molecule has 146 valence electrons. The fraction of sp³-hybridized carbons (Fsp3) is 0.920. The van der Waals surface area contributed by atoms with Crippen LogP contribution in [0.2, 0.25) is 0 Å². The fourth-order valence-corrected chi connectivity index (χ4v) is 8.99. The third kappa shape index (κ3) is 2.51. The van der Waals surface area contributed by atoms with Crippen molar-refractivity contribution in [1.82, 2.24) is 0 Å². The molecule has 5 rings (SSSR count). The van der Waals surface area contributed by atoms with Crippen molar-refractivity contribution in [2.24, 2.45) is 40.4 Å². The first kappa shape index (κ1) is 17.8. The van der Waals surface area contributed by atoms with Crippen LogP contribution in [0.4, 0.5) is 0 Å². The van der Waals surface area contributed by atoms with Gasteiger partial charge in [0, 0.05) is 0 Å². The van der Waals surface area contributed by atoms with Crippen molar-refractivity contribution in [3.63, 3.8) is 0 Å². The first-order chi connectivity index (χ1) is 12.5. The summed E-state index contributed by atoms with van der Waals surface area (Å²) in [7, 11) is 0. The summed E-state index contributed by atoms with van der Waals surface area (Å²) >= 11 is 0. The minimum atomic E-state index is -0.0677. The Balaban J connectivity index is 1.41. The fourth-order valence-electron chi connectivity index (χ4n) is 8.99. The second-order valence-corrected chi connectivity index (χ2v) is 11.3. The minimum absolute atomic E-state index is 0.0677. The molecule has 7 atom stereocenters. The molecule has 1 N–H and O–H groups in total. The topological polar surface area (TPSA) is 20.2 Å². The average Bonchev–Trinajstić information content (AvgIpc) is 3.00. The molecule has 5 aliphatic rings. The van der Waals surface area contributed by atoms with Gasteiger partial charge in [-0.2, -0.15) is 0 Å². The van der Waals surface area contributed by atoms with E-state index in [1.165, 1.54) is 70.6 Å². The smallest absolute Gasteiger partial charge is 0.0577 e. The highest BCUT2D eigenvalue weighted by Crippen LogP contribution is 2.67. The van der Waals surface area contributed by atoms with E-state index >= 15 is 0 Å². The minimum Gasteiger partial charge on any atom is -0.393 e. The van der Waals surface area contributed by atoms with E-state index < -0.39 is 0 Å². The lowest BCUT2D eigenvalue weighted by Crippen LogP contribution is -2.51. The van der Waals surface area contributed by atoms with Crippen LogP contribution in [0.1, 0.15) is 97.3 Å². The standard InChI is InChI=1S/C25H40O/c1-24-14-12-19(26)16-18(24)8-9-20-22-11-10-21(17-6-4-3-5-7-17)25(22,2)15-13-23(20)24/h8,17,19-23,26H,3-7,9-16H2,1-2H3/t19-,20-,21+,22-,23-,24-,25+/m0/s1. The van der Waals surface area contributed by atoms with E-state index in [0.717, 1.165) is 42.4 Å². The number of allylic oxidation sites excluding steroid dienone is 1. The summed E-state index contributed by atoms with van der Waals surface area (Å²) in [5, 5.41) is 10.2. The van der Waals surface area contributed by atoms with Crippen LogP contribution in [0.25, 0.3) is 0 Å². The third-order valence-electron chi connectivity index (χ3n) is 10.4. The van der Waals surface area contributed by atoms with Crippen LogP contribution in [-0.2, 0) is 0 Å². The molecule has 1 nitrogen and oxygen atoms in total. The van der Waals surface area contributed by atoms with Crippen molar-refractivity contribution in [2.75, 3.05) is 0 Å². The molecule has 5 aliphatic carbocycles. The molecular weight excluding hydrogens is 316 g/mol. The zero-order chi connectivity index (χ0) is 17.9. The normalized spacial score (nSPS) is 52.0. The lowest BCUT2D eigenvalue weighted by atomic mass is 9.46. The van der Waals surface area contributed by atoms with E-state index in [0.29, 0.717) is 10.8 Å². The van der Waals surface area contributed by atoms with Gasteiger partial charge in [-0.25, -0.2) is 0 Å². The Morgan fingerprint density at radius 3 is 2.42 bits per heavy atom. The Morgan fingerprint density at radius 2 is 1.62 bits per heavy atom. The molecule has 1 heteroatoms. The van der Waals surface area contributed by atoms with E-state index in [9.17, 15) is 5.11 Å². The van der Waals surface area contributed by atoms with E-state index in [2.05, 4.69) is 19.9 Å². The Kier molecular flexibility index (Phi) is 4.35. The number of rotatable bonds is 1. The summed E-state index contributed by atoms with van der Waals surface area (Å²) in [5.74, 6) is 4.89. The van der Waals surface area contributed by atoms with Crippen molar-refractivity contribution in [3.05, 3.63) is 11.6 Å². The number of hydrogen-bond acceptors (Lipinski definition) is 1. The second kappa shape index (κ2) is 6.36. The summed E-state index contributed by atoms with van der Waals surface area (Å²) in [4.78, 5) is 0. The Bertz CT molecular complexity index is 573. The monoisotopic (exact) mass is 356 g/mol. The molecule has 0 heterocycles. The van der Waals surface area contributed by atoms with Crippen molar-refractivity contribution < 1.29 is 5.11 Å². The molecule has 4 saturated carbocycles. The van der Waals surface area contributed by atoms with E-state index in [4.69, 9.17) is 0 Å². The van der Waals surface area contributed by atoms with Gasteiger partial charge in [0.05, 0.1) is 6.10 Å². The average molecular weight is 357 g/mol. The summed E-state index contributed by atoms with van der Waals surface area (Å²) in [5.41, 5.74) is 2.67. The van der Waals surface area contributed by atoms with Crippen molar-refractivity contribution in [3.8, 4) is 0 Å². The Hall–Kier alpha value is -0.300. The zero-order valence-corrected chi connectivity index (χ0v) is 17.2. The molecule has 0 saturated heterocycles. The van der Waals surface area contributed by atoms with Crippen LogP contribution in [0.5, 0.6) is 0 Å². The summed E-state index contributed by atoms with van der Waals surface area (Å²) < 4.78 is 0.